The second-order valence-corrected chi connectivity index (χ2v) is 5.02. The van der Waals surface area contributed by atoms with Gasteiger partial charge < -0.3 is 5.73 Å². The van der Waals surface area contributed by atoms with Crippen molar-refractivity contribution in [2.75, 3.05) is 5.73 Å². The Balaban J connectivity index is 2.18. The number of nitrogens with zero attached hydrogens (tertiary/aromatic N) is 2. The van der Waals surface area contributed by atoms with E-state index in [1.54, 1.807) is 18.3 Å². The molecule has 20 heavy (non-hydrogen) atoms. The maximum atomic E-state index is 6.06. The lowest BCUT2D eigenvalue weighted by Crippen LogP contribution is -1.90. The van der Waals surface area contributed by atoms with Gasteiger partial charge in [0, 0.05) is 11.8 Å². The molecule has 4 nitrogen and oxygen atoms in total. The number of pyridine rings is 1. The highest BCUT2D eigenvalue weighted by Crippen LogP contribution is 2.35. The van der Waals surface area contributed by atoms with E-state index in [9.17, 15) is 0 Å². The zero-order valence-corrected chi connectivity index (χ0v) is 11.8. The van der Waals surface area contributed by atoms with Crippen molar-refractivity contribution in [3.8, 4) is 22.5 Å². The van der Waals surface area contributed by atoms with Gasteiger partial charge in [0.1, 0.15) is 0 Å². The monoisotopic (exact) mass is 304 g/mol. The van der Waals surface area contributed by atoms with Crippen molar-refractivity contribution in [2.24, 2.45) is 0 Å². The van der Waals surface area contributed by atoms with Crippen LogP contribution in [0.25, 0.3) is 22.5 Å². The number of rotatable bonds is 2. The van der Waals surface area contributed by atoms with E-state index < -0.39 is 0 Å². The third-order valence-corrected chi connectivity index (χ3v) is 3.66. The van der Waals surface area contributed by atoms with E-state index in [-0.39, 0.29) is 0 Å². The minimum atomic E-state index is 0.393. The molecule has 100 valence electrons. The maximum Gasteiger partial charge on any atom is 0.155 e. The van der Waals surface area contributed by atoms with Crippen molar-refractivity contribution < 1.29 is 0 Å². The molecule has 0 atom stereocenters. The zero-order valence-electron chi connectivity index (χ0n) is 10.3. The molecule has 0 unspecified atom stereocenters. The molecule has 2 aromatic heterocycles. The SMILES string of the molecule is Nc1n[nH]c(-c2ccc(Cl)c(Cl)c2)c1-c1ccccn1. The standard InChI is InChI=1S/C14H10Cl2N4/c15-9-5-4-8(7-10(9)16)13-12(14(17)20-19-13)11-3-1-2-6-18-11/h1-7H,(H3,17,19,20). The highest BCUT2D eigenvalue weighted by molar-refractivity contribution is 6.42. The first kappa shape index (κ1) is 13.0. The number of benzene rings is 1. The Morgan fingerprint density at radius 1 is 1.05 bits per heavy atom. The van der Waals surface area contributed by atoms with Crippen LogP contribution in [0, 0.1) is 0 Å². The average Bonchev–Trinajstić information content (AvgIpc) is 2.85. The summed E-state index contributed by atoms with van der Waals surface area (Å²) in [6.07, 6.45) is 1.71. The molecule has 3 N–H and O–H groups in total. The predicted octanol–water partition coefficient (Wildman–Crippen LogP) is 4.03. The molecule has 3 aromatic rings. The van der Waals surface area contributed by atoms with Crippen molar-refractivity contribution in [1.29, 1.82) is 0 Å². The summed E-state index contributed by atoms with van der Waals surface area (Å²) in [6, 6.07) is 11.0. The third-order valence-electron chi connectivity index (χ3n) is 2.92. The molecule has 6 heteroatoms. The Hall–Kier alpha value is -2.04. The van der Waals surface area contributed by atoms with Gasteiger partial charge in [-0.1, -0.05) is 35.3 Å². The van der Waals surface area contributed by atoms with Gasteiger partial charge in [0.25, 0.3) is 0 Å². The van der Waals surface area contributed by atoms with E-state index in [4.69, 9.17) is 28.9 Å². The summed E-state index contributed by atoms with van der Waals surface area (Å²) < 4.78 is 0. The fourth-order valence-corrected chi connectivity index (χ4v) is 2.28. The molecule has 0 saturated carbocycles. The molecular weight excluding hydrogens is 295 g/mol. The van der Waals surface area contributed by atoms with Crippen LogP contribution in [-0.2, 0) is 0 Å². The van der Waals surface area contributed by atoms with Gasteiger partial charge in [0.05, 0.1) is 27.0 Å². The number of hydrogen-bond acceptors (Lipinski definition) is 3. The number of halogens is 2. The number of anilines is 1. The molecule has 2 heterocycles. The van der Waals surface area contributed by atoms with E-state index in [0.29, 0.717) is 15.9 Å². The van der Waals surface area contributed by atoms with Crippen LogP contribution in [0.5, 0.6) is 0 Å². The first-order valence-corrected chi connectivity index (χ1v) is 6.63. The fraction of sp³-hybridized carbons (Fsp3) is 0. The Morgan fingerprint density at radius 3 is 2.60 bits per heavy atom. The molecule has 0 radical (unpaired) electrons. The predicted molar refractivity (Wildman–Crippen MR) is 81.7 cm³/mol. The number of H-pyrrole nitrogens is 1. The van der Waals surface area contributed by atoms with E-state index in [1.165, 1.54) is 0 Å². The van der Waals surface area contributed by atoms with E-state index >= 15 is 0 Å². The van der Waals surface area contributed by atoms with Crippen LogP contribution in [0.15, 0.2) is 42.6 Å². The van der Waals surface area contributed by atoms with Crippen molar-refractivity contribution in [3.05, 3.63) is 52.6 Å². The van der Waals surface area contributed by atoms with Crippen LogP contribution in [0.1, 0.15) is 0 Å². The number of nitrogen functional groups attached to an aromatic ring is 1. The first-order valence-electron chi connectivity index (χ1n) is 5.87. The van der Waals surface area contributed by atoms with Crippen molar-refractivity contribution in [1.82, 2.24) is 15.2 Å². The second kappa shape index (κ2) is 5.15. The second-order valence-electron chi connectivity index (χ2n) is 4.20. The fourth-order valence-electron chi connectivity index (χ4n) is 1.99. The summed E-state index contributed by atoms with van der Waals surface area (Å²) in [5, 5.41) is 7.96. The van der Waals surface area contributed by atoms with Crippen LogP contribution in [0.3, 0.4) is 0 Å². The average molecular weight is 305 g/mol. The highest BCUT2D eigenvalue weighted by Gasteiger charge is 2.16. The molecule has 0 aliphatic carbocycles. The number of aromatic amines is 1. The van der Waals surface area contributed by atoms with Crippen LogP contribution >= 0.6 is 23.2 Å². The normalized spacial score (nSPS) is 10.7. The smallest absolute Gasteiger partial charge is 0.155 e. The molecule has 0 bridgehead atoms. The molecule has 0 spiro atoms. The van der Waals surface area contributed by atoms with Crippen molar-refractivity contribution >= 4 is 29.0 Å². The van der Waals surface area contributed by atoms with Crippen LogP contribution in [0.4, 0.5) is 5.82 Å². The molecule has 0 amide bonds. The molecule has 3 rings (SSSR count). The van der Waals surface area contributed by atoms with Crippen LogP contribution in [0.2, 0.25) is 10.0 Å². The number of hydrogen-bond donors (Lipinski definition) is 2. The minimum absolute atomic E-state index is 0.393. The lowest BCUT2D eigenvalue weighted by Gasteiger charge is -2.05. The minimum Gasteiger partial charge on any atom is -0.382 e. The van der Waals surface area contributed by atoms with E-state index in [0.717, 1.165) is 22.5 Å². The van der Waals surface area contributed by atoms with Crippen LogP contribution < -0.4 is 5.73 Å². The van der Waals surface area contributed by atoms with Gasteiger partial charge in [-0.3, -0.25) is 10.1 Å². The van der Waals surface area contributed by atoms with E-state index in [1.807, 2.05) is 24.3 Å². The van der Waals surface area contributed by atoms with Gasteiger partial charge in [-0.05, 0) is 24.3 Å². The number of aromatic nitrogens is 3. The summed E-state index contributed by atoms with van der Waals surface area (Å²) in [7, 11) is 0. The number of nitrogens with one attached hydrogen (secondary N) is 1. The van der Waals surface area contributed by atoms with Crippen LogP contribution in [-0.4, -0.2) is 15.2 Å². The molecular formula is C14H10Cl2N4. The summed E-state index contributed by atoms with van der Waals surface area (Å²) in [5.74, 6) is 0.393. The Morgan fingerprint density at radius 2 is 1.90 bits per heavy atom. The van der Waals surface area contributed by atoms with Crippen molar-refractivity contribution in [2.45, 2.75) is 0 Å². The van der Waals surface area contributed by atoms with Gasteiger partial charge in [-0.25, -0.2) is 0 Å². The molecule has 0 aliphatic heterocycles. The summed E-state index contributed by atoms with van der Waals surface area (Å²) >= 11 is 12.0. The summed E-state index contributed by atoms with van der Waals surface area (Å²) in [5.41, 5.74) is 9.06. The summed E-state index contributed by atoms with van der Waals surface area (Å²) in [4.78, 5) is 4.31. The maximum absolute atomic E-state index is 6.06. The quantitative estimate of drug-likeness (QED) is 0.751. The lowest BCUT2D eigenvalue weighted by atomic mass is 10.0. The van der Waals surface area contributed by atoms with Gasteiger partial charge in [0.15, 0.2) is 5.82 Å². The van der Waals surface area contributed by atoms with Gasteiger partial charge in [0.2, 0.25) is 0 Å². The Bertz CT molecular complexity index is 753. The largest absolute Gasteiger partial charge is 0.382 e. The third kappa shape index (κ3) is 2.24. The van der Waals surface area contributed by atoms with Gasteiger partial charge in [-0.2, -0.15) is 5.10 Å². The molecule has 1 aromatic carbocycles. The van der Waals surface area contributed by atoms with Gasteiger partial charge in [-0.15, -0.1) is 0 Å². The Labute approximate surface area is 125 Å². The first-order chi connectivity index (χ1) is 9.66. The van der Waals surface area contributed by atoms with Gasteiger partial charge >= 0.3 is 0 Å². The highest BCUT2D eigenvalue weighted by atomic mass is 35.5. The molecule has 0 aliphatic rings. The summed E-state index contributed by atoms with van der Waals surface area (Å²) in [6.45, 7) is 0. The topological polar surface area (TPSA) is 67.6 Å². The van der Waals surface area contributed by atoms with Crippen molar-refractivity contribution in [3.63, 3.8) is 0 Å². The molecule has 0 fully saturated rings. The molecule has 0 saturated heterocycles. The zero-order chi connectivity index (χ0) is 14.1. The number of nitrogens with two attached hydrogens (primary N) is 1. The lowest BCUT2D eigenvalue weighted by molar-refractivity contribution is 1.10. The van der Waals surface area contributed by atoms with E-state index in [2.05, 4.69) is 15.2 Å². The Kier molecular flexibility index (Phi) is 3.34.